The lowest BCUT2D eigenvalue weighted by Crippen LogP contribution is -2.54. The molecule has 2 rings (SSSR count). The molecule has 0 saturated carbocycles. The predicted molar refractivity (Wildman–Crippen MR) is 86.9 cm³/mol. The molecule has 0 radical (unpaired) electrons. The summed E-state index contributed by atoms with van der Waals surface area (Å²) in [6.45, 7) is 5.05. The van der Waals surface area contributed by atoms with Crippen LogP contribution in [0.5, 0.6) is 0 Å². The minimum Gasteiger partial charge on any atom is -0.383 e. The van der Waals surface area contributed by atoms with Crippen LogP contribution in [0.15, 0.2) is 0 Å². The van der Waals surface area contributed by atoms with Gasteiger partial charge in [-0.2, -0.15) is 28.8 Å². The summed E-state index contributed by atoms with van der Waals surface area (Å²) in [7, 11) is -1.69. The second kappa shape index (κ2) is 8.12. The third-order valence-electron chi connectivity index (χ3n) is 4.25. The minimum absolute atomic E-state index is 0.00882. The van der Waals surface area contributed by atoms with Gasteiger partial charge in [0.1, 0.15) is 0 Å². The normalized spacial score (nSPS) is 26.5. The fourth-order valence-corrected chi connectivity index (χ4v) is 5.29. The standard InChI is InChI=1S/C13H27N3O3S2/c1-19-12-13-4-3-5-16(13)21(17,18)15-8-6-14(7-9-15)10-11-20-2/h13H,3-12H2,1-2H3. The monoisotopic (exact) mass is 337 g/mol. The molecule has 0 aromatic carbocycles. The van der Waals surface area contributed by atoms with E-state index in [9.17, 15) is 8.42 Å². The molecule has 0 aliphatic carbocycles. The van der Waals surface area contributed by atoms with E-state index < -0.39 is 10.2 Å². The van der Waals surface area contributed by atoms with Crippen molar-refractivity contribution in [2.24, 2.45) is 0 Å². The van der Waals surface area contributed by atoms with Crippen molar-refractivity contribution in [3.8, 4) is 0 Å². The SMILES string of the molecule is COCC1CCCN1S(=O)(=O)N1CCN(CCSC)CC1. The van der Waals surface area contributed by atoms with Gasteiger partial charge in [-0.25, -0.2) is 0 Å². The Bertz CT molecular complexity index is 411. The largest absolute Gasteiger partial charge is 0.383 e. The van der Waals surface area contributed by atoms with Crippen molar-refractivity contribution in [2.75, 3.05) is 65.0 Å². The van der Waals surface area contributed by atoms with Crippen LogP contribution in [0.3, 0.4) is 0 Å². The molecule has 0 amide bonds. The first-order valence-electron chi connectivity index (χ1n) is 7.56. The molecule has 8 heteroatoms. The summed E-state index contributed by atoms with van der Waals surface area (Å²) >= 11 is 1.83. The fourth-order valence-electron chi connectivity index (χ4n) is 3.02. The molecular formula is C13H27N3O3S2. The Labute approximate surface area is 133 Å². The van der Waals surface area contributed by atoms with Crippen LogP contribution in [0.2, 0.25) is 0 Å². The number of ether oxygens (including phenoxy) is 1. The number of hydrogen-bond donors (Lipinski definition) is 0. The summed E-state index contributed by atoms with van der Waals surface area (Å²) < 4.78 is 34.0. The summed E-state index contributed by atoms with van der Waals surface area (Å²) in [5, 5.41) is 0. The molecule has 0 aromatic rings. The van der Waals surface area contributed by atoms with Gasteiger partial charge in [-0.1, -0.05) is 0 Å². The number of thioether (sulfide) groups is 1. The zero-order valence-corrected chi connectivity index (χ0v) is 14.7. The number of piperazine rings is 1. The summed E-state index contributed by atoms with van der Waals surface area (Å²) in [4.78, 5) is 2.35. The van der Waals surface area contributed by atoms with Crippen LogP contribution in [0.25, 0.3) is 0 Å². The Kier molecular flexibility index (Phi) is 6.77. The lowest BCUT2D eigenvalue weighted by Gasteiger charge is -2.37. The van der Waals surface area contributed by atoms with E-state index in [4.69, 9.17) is 4.74 Å². The van der Waals surface area contributed by atoms with Crippen LogP contribution in [-0.2, 0) is 14.9 Å². The molecule has 1 unspecified atom stereocenters. The van der Waals surface area contributed by atoms with Crippen molar-refractivity contribution in [2.45, 2.75) is 18.9 Å². The third kappa shape index (κ3) is 4.33. The third-order valence-corrected chi connectivity index (χ3v) is 6.93. The maximum atomic E-state index is 12.8. The molecule has 2 aliphatic rings. The van der Waals surface area contributed by atoms with E-state index in [2.05, 4.69) is 11.2 Å². The molecule has 124 valence electrons. The van der Waals surface area contributed by atoms with Crippen molar-refractivity contribution in [3.63, 3.8) is 0 Å². The summed E-state index contributed by atoms with van der Waals surface area (Å²) in [5.74, 6) is 1.11. The number of nitrogens with zero attached hydrogens (tertiary/aromatic N) is 3. The Morgan fingerprint density at radius 3 is 2.52 bits per heavy atom. The van der Waals surface area contributed by atoms with Gasteiger partial charge >= 0.3 is 0 Å². The molecule has 2 heterocycles. The molecule has 6 nitrogen and oxygen atoms in total. The highest BCUT2D eigenvalue weighted by atomic mass is 32.2. The molecule has 2 fully saturated rings. The van der Waals surface area contributed by atoms with Crippen LogP contribution in [0.4, 0.5) is 0 Å². The second-order valence-corrected chi connectivity index (χ2v) is 8.47. The van der Waals surface area contributed by atoms with Crippen molar-refractivity contribution in [1.82, 2.24) is 13.5 Å². The molecule has 2 aliphatic heterocycles. The van der Waals surface area contributed by atoms with Crippen LogP contribution < -0.4 is 0 Å². The Hall–Kier alpha value is 0.140. The Morgan fingerprint density at radius 1 is 1.19 bits per heavy atom. The van der Waals surface area contributed by atoms with E-state index >= 15 is 0 Å². The lowest BCUT2D eigenvalue weighted by atomic mass is 10.2. The van der Waals surface area contributed by atoms with Gasteiger partial charge in [-0.05, 0) is 19.1 Å². The van der Waals surface area contributed by atoms with Crippen molar-refractivity contribution < 1.29 is 13.2 Å². The van der Waals surface area contributed by atoms with Crippen LogP contribution in [0.1, 0.15) is 12.8 Å². The molecule has 0 spiro atoms. The van der Waals surface area contributed by atoms with Crippen LogP contribution in [-0.4, -0.2) is 93.0 Å². The topological polar surface area (TPSA) is 53.1 Å². The second-order valence-electron chi connectivity index (χ2n) is 5.60. The maximum Gasteiger partial charge on any atom is 0.282 e. The van der Waals surface area contributed by atoms with Crippen LogP contribution >= 0.6 is 11.8 Å². The highest BCUT2D eigenvalue weighted by molar-refractivity contribution is 7.98. The van der Waals surface area contributed by atoms with Gasteiger partial charge in [0.25, 0.3) is 10.2 Å². The van der Waals surface area contributed by atoms with Gasteiger partial charge in [0, 0.05) is 58.2 Å². The number of methoxy groups -OCH3 is 1. The fraction of sp³-hybridized carbons (Fsp3) is 1.00. The Balaban J connectivity index is 1.92. The summed E-state index contributed by atoms with van der Waals surface area (Å²) in [5.41, 5.74) is 0. The molecule has 1 atom stereocenters. The van der Waals surface area contributed by atoms with Crippen molar-refractivity contribution >= 4 is 22.0 Å². The van der Waals surface area contributed by atoms with E-state index in [1.54, 1.807) is 15.7 Å². The first kappa shape index (κ1) is 17.5. The molecule has 21 heavy (non-hydrogen) atoms. The lowest BCUT2D eigenvalue weighted by molar-refractivity contribution is 0.141. The number of hydrogen-bond acceptors (Lipinski definition) is 5. The summed E-state index contributed by atoms with van der Waals surface area (Å²) in [6, 6.07) is 0.00882. The van der Waals surface area contributed by atoms with E-state index in [0.717, 1.165) is 38.2 Å². The van der Waals surface area contributed by atoms with Gasteiger partial charge in [-0.3, -0.25) is 4.90 Å². The first-order valence-corrected chi connectivity index (χ1v) is 10.4. The average molecular weight is 338 g/mol. The van der Waals surface area contributed by atoms with Gasteiger partial charge < -0.3 is 4.74 Å². The van der Waals surface area contributed by atoms with E-state index in [0.29, 0.717) is 26.2 Å². The van der Waals surface area contributed by atoms with E-state index in [-0.39, 0.29) is 6.04 Å². The van der Waals surface area contributed by atoms with Gasteiger partial charge in [0.05, 0.1) is 6.61 Å². The van der Waals surface area contributed by atoms with E-state index in [1.807, 2.05) is 11.8 Å². The molecule has 0 bridgehead atoms. The zero-order chi connectivity index (χ0) is 15.3. The zero-order valence-electron chi connectivity index (χ0n) is 13.0. The van der Waals surface area contributed by atoms with Crippen molar-refractivity contribution in [1.29, 1.82) is 0 Å². The van der Waals surface area contributed by atoms with Crippen molar-refractivity contribution in [3.05, 3.63) is 0 Å². The van der Waals surface area contributed by atoms with Gasteiger partial charge in [-0.15, -0.1) is 0 Å². The highest BCUT2D eigenvalue weighted by Gasteiger charge is 2.38. The number of rotatable bonds is 7. The molecule has 0 N–H and O–H groups in total. The molecule has 0 aromatic heterocycles. The Morgan fingerprint density at radius 2 is 1.90 bits per heavy atom. The van der Waals surface area contributed by atoms with E-state index in [1.165, 1.54) is 0 Å². The first-order chi connectivity index (χ1) is 10.1. The molecule has 2 saturated heterocycles. The smallest absolute Gasteiger partial charge is 0.282 e. The minimum atomic E-state index is -3.32. The summed E-state index contributed by atoms with van der Waals surface area (Å²) in [6.07, 6.45) is 3.94. The average Bonchev–Trinajstić information content (AvgIpc) is 2.95. The predicted octanol–water partition coefficient (Wildman–Crippen LogP) is 0.323. The van der Waals surface area contributed by atoms with Crippen LogP contribution in [0, 0.1) is 0 Å². The van der Waals surface area contributed by atoms with Gasteiger partial charge in [0.2, 0.25) is 0 Å². The maximum absolute atomic E-state index is 12.8. The quantitative estimate of drug-likeness (QED) is 0.670. The van der Waals surface area contributed by atoms with Gasteiger partial charge in [0.15, 0.2) is 0 Å². The molecular weight excluding hydrogens is 310 g/mol. The highest BCUT2D eigenvalue weighted by Crippen LogP contribution is 2.24.